The third kappa shape index (κ3) is 3.69. The second-order valence-corrected chi connectivity index (χ2v) is 6.37. The van der Waals surface area contributed by atoms with Crippen molar-refractivity contribution in [3.05, 3.63) is 90.0 Å². The molecule has 1 atom stereocenters. The molecule has 0 bridgehead atoms. The Hall–Kier alpha value is -3.54. The van der Waals surface area contributed by atoms with Gasteiger partial charge in [-0.3, -0.25) is 9.78 Å². The molecular formula is C21H19N5O. The van der Waals surface area contributed by atoms with E-state index in [9.17, 15) is 4.79 Å². The van der Waals surface area contributed by atoms with E-state index >= 15 is 0 Å². The number of carbonyl (C=O) groups is 1. The second kappa shape index (κ2) is 7.37. The van der Waals surface area contributed by atoms with Gasteiger partial charge >= 0.3 is 0 Å². The zero-order valence-corrected chi connectivity index (χ0v) is 14.9. The Bertz CT molecular complexity index is 1060. The molecule has 27 heavy (non-hydrogen) atoms. The van der Waals surface area contributed by atoms with Crippen molar-refractivity contribution in [2.45, 2.75) is 19.5 Å². The van der Waals surface area contributed by atoms with Crippen LogP contribution in [0.2, 0.25) is 0 Å². The van der Waals surface area contributed by atoms with E-state index < -0.39 is 0 Å². The van der Waals surface area contributed by atoms with Gasteiger partial charge in [0.1, 0.15) is 0 Å². The van der Waals surface area contributed by atoms with Crippen LogP contribution in [0.3, 0.4) is 0 Å². The van der Waals surface area contributed by atoms with Crippen LogP contribution in [0.5, 0.6) is 0 Å². The Labute approximate surface area is 156 Å². The molecule has 0 radical (unpaired) electrons. The van der Waals surface area contributed by atoms with E-state index in [-0.39, 0.29) is 11.9 Å². The van der Waals surface area contributed by atoms with Gasteiger partial charge in [-0.25, -0.2) is 9.67 Å². The number of pyridine rings is 2. The van der Waals surface area contributed by atoms with Gasteiger partial charge in [0.2, 0.25) is 0 Å². The molecule has 0 saturated carbocycles. The lowest BCUT2D eigenvalue weighted by molar-refractivity contribution is 0.0939. The van der Waals surface area contributed by atoms with Crippen LogP contribution in [0.1, 0.15) is 34.6 Å². The number of hydrogen-bond acceptors (Lipinski definition) is 4. The summed E-state index contributed by atoms with van der Waals surface area (Å²) in [7, 11) is 0. The molecule has 0 aliphatic heterocycles. The van der Waals surface area contributed by atoms with Crippen molar-refractivity contribution in [2.75, 3.05) is 0 Å². The number of carbonyl (C=O) groups excluding carboxylic acids is 1. The number of nitrogens with zero attached hydrogens (tertiary/aromatic N) is 4. The van der Waals surface area contributed by atoms with E-state index in [0.717, 1.165) is 22.3 Å². The summed E-state index contributed by atoms with van der Waals surface area (Å²) in [6.07, 6.45) is 5.04. The largest absolute Gasteiger partial charge is 0.344 e. The minimum Gasteiger partial charge on any atom is -0.344 e. The minimum atomic E-state index is -0.185. The van der Waals surface area contributed by atoms with E-state index in [4.69, 9.17) is 0 Å². The van der Waals surface area contributed by atoms with Gasteiger partial charge in [-0.05, 0) is 30.7 Å². The van der Waals surface area contributed by atoms with Gasteiger partial charge in [0.25, 0.3) is 5.91 Å². The molecule has 1 amide bonds. The molecule has 0 aliphatic carbocycles. The van der Waals surface area contributed by atoms with Gasteiger partial charge in [-0.15, -0.1) is 0 Å². The number of aromatic nitrogens is 4. The first-order valence-electron chi connectivity index (χ1n) is 8.78. The lowest BCUT2D eigenvalue weighted by Gasteiger charge is -2.13. The van der Waals surface area contributed by atoms with E-state index in [0.29, 0.717) is 12.1 Å². The van der Waals surface area contributed by atoms with Crippen LogP contribution in [0.15, 0.2) is 73.2 Å². The van der Waals surface area contributed by atoms with Crippen LogP contribution in [-0.4, -0.2) is 25.7 Å². The van der Waals surface area contributed by atoms with E-state index in [1.54, 1.807) is 18.6 Å². The highest BCUT2D eigenvalue weighted by atomic mass is 16.1. The maximum atomic E-state index is 12.6. The number of rotatable bonds is 5. The first kappa shape index (κ1) is 16.9. The molecule has 6 heteroatoms. The van der Waals surface area contributed by atoms with Crippen molar-refractivity contribution in [2.24, 2.45) is 0 Å². The monoisotopic (exact) mass is 357 g/mol. The molecule has 1 aromatic carbocycles. The van der Waals surface area contributed by atoms with Crippen molar-refractivity contribution in [3.63, 3.8) is 0 Å². The quantitative estimate of drug-likeness (QED) is 0.594. The normalized spacial score (nSPS) is 12.0. The Morgan fingerprint density at radius 3 is 2.67 bits per heavy atom. The molecule has 0 saturated heterocycles. The summed E-state index contributed by atoms with van der Waals surface area (Å²) in [6, 6.07) is 17.4. The molecule has 0 spiro atoms. The fourth-order valence-electron chi connectivity index (χ4n) is 2.95. The molecular weight excluding hydrogens is 338 g/mol. The number of amides is 1. The zero-order valence-electron chi connectivity index (χ0n) is 14.9. The zero-order chi connectivity index (χ0) is 18.6. The molecule has 4 rings (SSSR count). The fourth-order valence-corrected chi connectivity index (χ4v) is 2.95. The molecule has 0 fully saturated rings. The van der Waals surface area contributed by atoms with Crippen molar-refractivity contribution >= 4 is 16.9 Å². The standard InChI is InChI=1S/C21H19N5O/c1-15(19-9-5-6-10-22-19)25-21(27)18-11-17-13-24-26(20(17)23-12-18)14-16-7-3-2-4-8-16/h2-13,15H,14H2,1H3,(H,25,27). The van der Waals surface area contributed by atoms with Crippen molar-refractivity contribution < 1.29 is 4.79 Å². The lowest BCUT2D eigenvalue weighted by Crippen LogP contribution is -2.27. The number of nitrogens with one attached hydrogen (secondary N) is 1. The minimum absolute atomic E-state index is 0.182. The molecule has 134 valence electrons. The summed E-state index contributed by atoms with van der Waals surface area (Å²) in [6.45, 7) is 2.55. The highest BCUT2D eigenvalue weighted by Crippen LogP contribution is 2.16. The highest BCUT2D eigenvalue weighted by molar-refractivity contribution is 5.97. The van der Waals surface area contributed by atoms with Crippen molar-refractivity contribution in [3.8, 4) is 0 Å². The molecule has 1 N–H and O–H groups in total. The predicted octanol–water partition coefficient (Wildman–Crippen LogP) is 3.37. The van der Waals surface area contributed by atoms with Gasteiger partial charge in [-0.2, -0.15) is 5.10 Å². The first-order valence-corrected chi connectivity index (χ1v) is 8.78. The third-order valence-electron chi connectivity index (χ3n) is 4.39. The van der Waals surface area contributed by atoms with Gasteiger partial charge in [0.05, 0.1) is 30.0 Å². The van der Waals surface area contributed by atoms with Gasteiger partial charge in [0.15, 0.2) is 5.65 Å². The molecule has 6 nitrogen and oxygen atoms in total. The molecule has 3 heterocycles. The Morgan fingerprint density at radius 2 is 1.89 bits per heavy atom. The Balaban J connectivity index is 1.53. The SMILES string of the molecule is CC(NC(=O)c1cnc2c(cnn2Cc2ccccc2)c1)c1ccccn1. The molecule has 0 aliphatic rings. The lowest BCUT2D eigenvalue weighted by atomic mass is 10.2. The summed E-state index contributed by atoms with van der Waals surface area (Å²) in [5.74, 6) is -0.182. The average molecular weight is 357 g/mol. The van der Waals surface area contributed by atoms with Crippen molar-refractivity contribution in [1.82, 2.24) is 25.1 Å². The highest BCUT2D eigenvalue weighted by Gasteiger charge is 2.14. The van der Waals surface area contributed by atoms with E-state index in [1.165, 1.54) is 0 Å². The number of fused-ring (bicyclic) bond motifs is 1. The second-order valence-electron chi connectivity index (χ2n) is 6.37. The van der Waals surface area contributed by atoms with E-state index in [2.05, 4.69) is 20.4 Å². The Kier molecular flexibility index (Phi) is 4.61. The summed E-state index contributed by atoms with van der Waals surface area (Å²) in [5, 5.41) is 8.20. The van der Waals surface area contributed by atoms with Crippen LogP contribution >= 0.6 is 0 Å². The maximum absolute atomic E-state index is 12.6. The summed E-state index contributed by atoms with van der Waals surface area (Å²) < 4.78 is 1.84. The van der Waals surface area contributed by atoms with Crippen molar-refractivity contribution in [1.29, 1.82) is 0 Å². The number of hydrogen-bond donors (Lipinski definition) is 1. The molecule has 3 aromatic heterocycles. The third-order valence-corrected chi connectivity index (χ3v) is 4.39. The molecule has 1 unspecified atom stereocenters. The van der Waals surface area contributed by atoms with Gasteiger partial charge < -0.3 is 5.32 Å². The number of benzene rings is 1. The predicted molar refractivity (Wildman–Crippen MR) is 103 cm³/mol. The van der Waals surface area contributed by atoms with Crippen LogP contribution in [0.4, 0.5) is 0 Å². The van der Waals surface area contributed by atoms with E-state index in [1.807, 2.05) is 66.2 Å². The summed E-state index contributed by atoms with van der Waals surface area (Å²) in [4.78, 5) is 21.3. The smallest absolute Gasteiger partial charge is 0.253 e. The fraction of sp³-hybridized carbons (Fsp3) is 0.143. The topological polar surface area (TPSA) is 72.7 Å². The van der Waals surface area contributed by atoms with Crippen LogP contribution in [0.25, 0.3) is 11.0 Å². The van der Waals surface area contributed by atoms with Gasteiger partial charge in [0, 0.05) is 17.8 Å². The summed E-state index contributed by atoms with van der Waals surface area (Å²) in [5.41, 5.74) is 3.23. The first-order chi connectivity index (χ1) is 13.2. The van der Waals surface area contributed by atoms with Crippen LogP contribution in [0, 0.1) is 0 Å². The van der Waals surface area contributed by atoms with Crippen LogP contribution in [-0.2, 0) is 6.54 Å². The van der Waals surface area contributed by atoms with Crippen LogP contribution < -0.4 is 5.32 Å². The summed E-state index contributed by atoms with van der Waals surface area (Å²) >= 11 is 0. The maximum Gasteiger partial charge on any atom is 0.253 e. The Morgan fingerprint density at radius 1 is 1.07 bits per heavy atom. The molecule has 4 aromatic rings. The van der Waals surface area contributed by atoms with Gasteiger partial charge in [-0.1, -0.05) is 36.4 Å². The average Bonchev–Trinajstić information content (AvgIpc) is 3.11.